The third kappa shape index (κ3) is 3.07. The van der Waals surface area contributed by atoms with Crippen LogP contribution in [0.2, 0.25) is 0 Å². The quantitative estimate of drug-likeness (QED) is 0.665. The summed E-state index contributed by atoms with van der Waals surface area (Å²) < 4.78 is 12.3. The second kappa shape index (κ2) is 6.41. The number of hydrogen-bond donors (Lipinski definition) is 0. The van der Waals surface area contributed by atoms with Crippen LogP contribution in [0, 0.1) is 20.8 Å². The lowest BCUT2D eigenvalue weighted by atomic mass is 10.2. The van der Waals surface area contributed by atoms with E-state index in [9.17, 15) is 0 Å². The fourth-order valence-corrected chi connectivity index (χ4v) is 3.27. The number of thioether (sulfide) groups is 1. The molecular weight excluding hydrogens is 314 g/mol. The number of benzene rings is 1. The maximum absolute atomic E-state index is 5.42. The van der Waals surface area contributed by atoms with E-state index in [4.69, 9.17) is 9.26 Å². The molecule has 0 atom stereocenters. The number of nitrogens with zero attached hydrogens (tertiary/aromatic N) is 5. The number of aryl methyl sites for hydroxylation is 3. The standard InChI is InChI=1S/C15H17N5O2S/c1-9-5-6-14(21-4)13(7-9)20-15(16-18-19-20)23-8-12-10(2)17-22-11(12)3/h5-7H,8H2,1-4H3. The first kappa shape index (κ1) is 15.5. The Labute approximate surface area is 138 Å². The molecule has 23 heavy (non-hydrogen) atoms. The van der Waals surface area contributed by atoms with Crippen LogP contribution in [0.5, 0.6) is 5.75 Å². The highest BCUT2D eigenvalue weighted by molar-refractivity contribution is 7.98. The molecule has 2 aromatic heterocycles. The molecule has 0 bridgehead atoms. The van der Waals surface area contributed by atoms with Gasteiger partial charge in [-0.15, -0.1) is 5.10 Å². The third-order valence-corrected chi connectivity index (χ3v) is 4.48. The molecule has 0 unspecified atom stereocenters. The summed E-state index contributed by atoms with van der Waals surface area (Å²) in [6.45, 7) is 5.85. The Morgan fingerprint density at radius 3 is 2.78 bits per heavy atom. The molecule has 0 spiro atoms. The highest BCUT2D eigenvalue weighted by Gasteiger charge is 2.16. The van der Waals surface area contributed by atoms with Crippen molar-refractivity contribution in [2.24, 2.45) is 0 Å². The molecule has 2 heterocycles. The van der Waals surface area contributed by atoms with Crippen molar-refractivity contribution in [3.63, 3.8) is 0 Å². The van der Waals surface area contributed by atoms with Gasteiger partial charge in [0.25, 0.3) is 0 Å². The SMILES string of the molecule is COc1ccc(C)cc1-n1nnnc1SCc1c(C)noc1C. The summed E-state index contributed by atoms with van der Waals surface area (Å²) in [5, 5.41) is 16.7. The van der Waals surface area contributed by atoms with Crippen LogP contribution in [0.4, 0.5) is 0 Å². The van der Waals surface area contributed by atoms with Crippen molar-refractivity contribution in [2.75, 3.05) is 7.11 Å². The molecule has 0 fully saturated rings. The topological polar surface area (TPSA) is 78.9 Å². The molecule has 0 aliphatic rings. The largest absolute Gasteiger partial charge is 0.494 e. The van der Waals surface area contributed by atoms with Crippen LogP contribution in [0.3, 0.4) is 0 Å². The van der Waals surface area contributed by atoms with Gasteiger partial charge in [-0.2, -0.15) is 4.68 Å². The van der Waals surface area contributed by atoms with Crippen molar-refractivity contribution < 1.29 is 9.26 Å². The number of aromatic nitrogens is 5. The van der Waals surface area contributed by atoms with Gasteiger partial charge in [0.1, 0.15) is 17.2 Å². The van der Waals surface area contributed by atoms with Crippen LogP contribution in [0.1, 0.15) is 22.6 Å². The average Bonchev–Trinajstić information content (AvgIpc) is 3.12. The van der Waals surface area contributed by atoms with Crippen LogP contribution >= 0.6 is 11.8 Å². The second-order valence-electron chi connectivity index (χ2n) is 5.14. The highest BCUT2D eigenvalue weighted by Crippen LogP contribution is 2.29. The van der Waals surface area contributed by atoms with E-state index in [0.717, 1.165) is 34.0 Å². The molecule has 0 saturated carbocycles. The third-order valence-electron chi connectivity index (χ3n) is 3.53. The Bertz CT molecular complexity index is 808. The van der Waals surface area contributed by atoms with Crippen molar-refractivity contribution in [1.82, 2.24) is 25.4 Å². The summed E-state index contributed by atoms with van der Waals surface area (Å²) in [4.78, 5) is 0. The molecule has 0 radical (unpaired) electrons. The number of ether oxygens (including phenoxy) is 1. The minimum absolute atomic E-state index is 0.689. The number of tetrazole rings is 1. The average molecular weight is 331 g/mol. The Morgan fingerprint density at radius 1 is 1.26 bits per heavy atom. The summed E-state index contributed by atoms with van der Waals surface area (Å²) in [5.74, 6) is 2.24. The van der Waals surface area contributed by atoms with E-state index in [0.29, 0.717) is 10.9 Å². The summed E-state index contributed by atoms with van der Waals surface area (Å²) >= 11 is 1.53. The fraction of sp³-hybridized carbons (Fsp3) is 0.333. The minimum Gasteiger partial charge on any atom is -0.494 e. The number of methoxy groups -OCH3 is 1. The Kier molecular flexibility index (Phi) is 4.33. The van der Waals surface area contributed by atoms with Gasteiger partial charge >= 0.3 is 0 Å². The Balaban J connectivity index is 1.90. The molecule has 0 amide bonds. The molecule has 120 valence electrons. The summed E-state index contributed by atoms with van der Waals surface area (Å²) in [6.07, 6.45) is 0. The maximum atomic E-state index is 5.42. The lowest BCUT2D eigenvalue weighted by molar-refractivity contribution is 0.392. The van der Waals surface area contributed by atoms with Gasteiger partial charge in [0, 0.05) is 11.3 Å². The zero-order valence-corrected chi connectivity index (χ0v) is 14.2. The van der Waals surface area contributed by atoms with E-state index in [1.165, 1.54) is 11.8 Å². The molecule has 3 rings (SSSR count). The Morgan fingerprint density at radius 2 is 2.09 bits per heavy atom. The van der Waals surface area contributed by atoms with Crippen LogP contribution in [-0.2, 0) is 5.75 Å². The van der Waals surface area contributed by atoms with Gasteiger partial charge in [-0.3, -0.25) is 0 Å². The molecular formula is C15H17N5O2S. The van der Waals surface area contributed by atoms with Gasteiger partial charge in [0.05, 0.1) is 12.8 Å². The molecule has 1 aromatic carbocycles. The van der Waals surface area contributed by atoms with E-state index in [-0.39, 0.29) is 0 Å². The van der Waals surface area contributed by atoms with Gasteiger partial charge in [-0.05, 0) is 48.9 Å². The first-order chi connectivity index (χ1) is 11.1. The van der Waals surface area contributed by atoms with E-state index >= 15 is 0 Å². The lowest BCUT2D eigenvalue weighted by Crippen LogP contribution is -2.02. The Hall–Kier alpha value is -2.35. The van der Waals surface area contributed by atoms with Gasteiger partial charge in [0.2, 0.25) is 5.16 Å². The number of hydrogen-bond acceptors (Lipinski definition) is 7. The molecule has 3 aromatic rings. The molecule has 0 saturated heterocycles. The smallest absolute Gasteiger partial charge is 0.214 e. The first-order valence-corrected chi connectivity index (χ1v) is 8.06. The second-order valence-corrected chi connectivity index (χ2v) is 6.08. The highest BCUT2D eigenvalue weighted by atomic mass is 32.2. The van der Waals surface area contributed by atoms with Crippen molar-refractivity contribution in [1.29, 1.82) is 0 Å². The first-order valence-electron chi connectivity index (χ1n) is 7.08. The molecule has 0 aliphatic heterocycles. The van der Waals surface area contributed by atoms with Crippen LogP contribution in [-0.4, -0.2) is 32.5 Å². The summed E-state index contributed by atoms with van der Waals surface area (Å²) in [5.41, 5.74) is 3.89. The van der Waals surface area contributed by atoms with Crippen molar-refractivity contribution >= 4 is 11.8 Å². The predicted octanol–water partition coefficient (Wildman–Crippen LogP) is 2.88. The zero-order valence-electron chi connectivity index (χ0n) is 13.4. The fourth-order valence-electron chi connectivity index (χ4n) is 2.23. The van der Waals surface area contributed by atoms with Gasteiger partial charge < -0.3 is 9.26 Å². The van der Waals surface area contributed by atoms with E-state index in [1.807, 2.05) is 39.0 Å². The van der Waals surface area contributed by atoms with Crippen LogP contribution in [0.25, 0.3) is 5.69 Å². The van der Waals surface area contributed by atoms with Crippen LogP contribution in [0.15, 0.2) is 27.9 Å². The molecule has 8 heteroatoms. The van der Waals surface area contributed by atoms with Gasteiger partial charge in [0.15, 0.2) is 0 Å². The monoisotopic (exact) mass is 331 g/mol. The molecule has 0 N–H and O–H groups in total. The zero-order chi connectivity index (χ0) is 16.4. The van der Waals surface area contributed by atoms with E-state index < -0.39 is 0 Å². The summed E-state index contributed by atoms with van der Waals surface area (Å²) in [6, 6.07) is 5.90. The van der Waals surface area contributed by atoms with Gasteiger partial charge in [-0.1, -0.05) is 23.0 Å². The predicted molar refractivity (Wildman–Crippen MR) is 86.0 cm³/mol. The van der Waals surface area contributed by atoms with Crippen molar-refractivity contribution in [2.45, 2.75) is 31.7 Å². The minimum atomic E-state index is 0.689. The number of rotatable bonds is 5. The van der Waals surface area contributed by atoms with E-state index in [2.05, 4.69) is 20.7 Å². The molecule has 0 aliphatic carbocycles. The van der Waals surface area contributed by atoms with Gasteiger partial charge in [-0.25, -0.2) is 0 Å². The van der Waals surface area contributed by atoms with Crippen molar-refractivity contribution in [3.8, 4) is 11.4 Å². The maximum Gasteiger partial charge on any atom is 0.214 e. The van der Waals surface area contributed by atoms with Crippen molar-refractivity contribution in [3.05, 3.63) is 40.8 Å². The van der Waals surface area contributed by atoms with Crippen LogP contribution < -0.4 is 4.74 Å². The lowest BCUT2D eigenvalue weighted by Gasteiger charge is -2.10. The summed E-state index contributed by atoms with van der Waals surface area (Å²) in [7, 11) is 1.63. The van der Waals surface area contributed by atoms with E-state index in [1.54, 1.807) is 11.8 Å². The molecule has 7 nitrogen and oxygen atoms in total. The normalized spacial score (nSPS) is 11.0.